The Morgan fingerprint density at radius 1 is 1.28 bits per heavy atom. The topological polar surface area (TPSA) is 12.0 Å². The van der Waals surface area contributed by atoms with Crippen LogP contribution in [0.5, 0.6) is 0 Å². The van der Waals surface area contributed by atoms with E-state index < -0.39 is 0 Å². The van der Waals surface area contributed by atoms with Crippen molar-refractivity contribution in [2.45, 2.75) is 32.2 Å². The minimum Gasteiger partial charge on any atom is -0.377 e. The highest BCUT2D eigenvalue weighted by Gasteiger charge is 2.32. The summed E-state index contributed by atoms with van der Waals surface area (Å²) >= 11 is 1.87. The van der Waals surface area contributed by atoms with E-state index in [1.165, 1.54) is 29.0 Å². The van der Waals surface area contributed by atoms with E-state index >= 15 is 0 Å². The third-order valence-electron chi connectivity index (χ3n) is 3.60. The maximum absolute atomic E-state index is 3.73. The third-order valence-corrected chi connectivity index (χ3v) is 4.56. The molecule has 0 bridgehead atoms. The summed E-state index contributed by atoms with van der Waals surface area (Å²) in [5, 5.41) is 5.90. The Kier molecular flexibility index (Phi) is 3.37. The van der Waals surface area contributed by atoms with E-state index in [0.717, 1.165) is 12.3 Å². The molecule has 1 aromatic heterocycles. The monoisotopic (exact) mass is 257 g/mol. The summed E-state index contributed by atoms with van der Waals surface area (Å²) in [6.07, 6.45) is 3.83. The molecule has 1 saturated carbocycles. The first-order valence-electron chi connectivity index (χ1n) is 6.75. The van der Waals surface area contributed by atoms with Gasteiger partial charge >= 0.3 is 0 Å². The zero-order valence-electron chi connectivity index (χ0n) is 10.7. The van der Waals surface area contributed by atoms with E-state index in [2.05, 4.69) is 54.0 Å². The van der Waals surface area contributed by atoms with Gasteiger partial charge in [-0.1, -0.05) is 25.1 Å². The lowest BCUT2D eigenvalue weighted by Gasteiger charge is -2.18. The van der Waals surface area contributed by atoms with Crippen LogP contribution in [-0.2, 0) is 6.42 Å². The number of anilines is 1. The summed E-state index contributed by atoms with van der Waals surface area (Å²) in [4.78, 5) is 1.47. The molecule has 2 heteroatoms. The molecule has 1 aliphatic rings. The summed E-state index contributed by atoms with van der Waals surface area (Å²) in [5.74, 6) is 0.828. The van der Waals surface area contributed by atoms with Gasteiger partial charge in [0.1, 0.15) is 0 Å². The van der Waals surface area contributed by atoms with E-state index in [4.69, 9.17) is 0 Å². The summed E-state index contributed by atoms with van der Waals surface area (Å²) in [6.45, 7) is 2.21. The van der Waals surface area contributed by atoms with Gasteiger partial charge in [0.2, 0.25) is 0 Å². The van der Waals surface area contributed by atoms with Crippen molar-refractivity contribution >= 4 is 17.0 Å². The molecule has 0 amide bonds. The van der Waals surface area contributed by atoms with Crippen molar-refractivity contribution in [1.82, 2.24) is 0 Å². The average Bonchev–Trinajstić information content (AvgIpc) is 3.11. The van der Waals surface area contributed by atoms with E-state index in [-0.39, 0.29) is 0 Å². The fourth-order valence-corrected chi connectivity index (χ4v) is 3.25. The average molecular weight is 257 g/mol. The maximum atomic E-state index is 3.73. The van der Waals surface area contributed by atoms with Gasteiger partial charge in [0, 0.05) is 10.6 Å². The molecule has 1 aromatic carbocycles. The Balaban J connectivity index is 1.80. The molecule has 1 atom stereocenters. The van der Waals surface area contributed by atoms with Crippen LogP contribution in [-0.4, -0.2) is 0 Å². The van der Waals surface area contributed by atoms with Gasteiger partial charge in [-0.15, -0.1) is 11.3 Å². The molecule has 0 radical (unpaired) electrons. The SMILES string of the molecule is CCc1cccc(NC(c2cccs2)C2CC2)c1. The summed E-state index contributed by atoms with van der Waals surface area (Å²) in [6, 6.07) is 13.7. The van der Waals surface area contributed by atoms with Crippen LogP contribution in [0.4, 0.5) is 5.69 Å². The van der Waals surface area contributed by atoms with E-state index in [9.17, 15) is 0 Å². The Morgan fingerprint density at radius 3 is 2.83 bits per heavy atom. The lowest BCUT2D eigenvalue weighted by Crippen LogP contribution is -2.11. The van der Waals surface area contributed by atoms with Crippen LogP contribution in [0.2, 0.25) is 0 Å². The molecular weight excluding hydrogens is 238 g/mol. The lowest BCUT2D eigenvalue weighted by atomic mass is 10.1. The summed E-state index contributed by atoms with van der Waals surface area (Å²) < 4.78 is 0. The molecule has 1 aliphatic carbocycles. The van der Waals surface area contributed by atoms with E-state index in [1.54, 1.807) is 0 Å². The van der Waals surface area contributed by atoms with Crippen LogP contribution in [0.3, 0.4) is 0 Å². The van der Waals surface area contributed by atoms with Crippen molar-refractivity contribution in [3.05, 3.63) is 52.2 Å². The number of aryl methyl sites for hydroxylation is 1. The second-order valence-electron chi connectivity index (χ2n) is 5.03. The first-order chi connectivity index (χ1) is 8.86. The lowest BCUT2D eigenvalue weighted by molar-refractivity contribution is 0.691. The molecule has 0 spiro atoms. The molecule has 0 aliphatic heterocycles. The Bertz CT molecular complexity index is 500. The number of nitrogens with one attached hydrogen (secondary N) is 1. The number of thiophene rings is 1. The zero-order chi connectivity index (χ0) is 12.4. The molecule has 1 heterocycles. The van der Waals surface area contributed by atoms with E-state index in [1.807, 2.05) is 11.3 Å². The first kappa shape index (κ1) is 11.8. The molecule has 2 aromatic rings. The zero-order valence-corrected chi connectivity index (χ0v) is 11.5. The van der Waals surface area contributed by atoms with Gasteiger partial charge in [0.05, 0.1) is 6.04 Å². The normalized spacial score (nSPS) is 16.5. The minimum atomic E-state index is 0.511. The molecule has 1 nitrogen and oxygen atoms in total. The molecule has 3 rings (SSSR count). The van der Waals surface area contributed by atoms with Gasteiger partial charge < -0.3 is 5.32 Å². The molecule has 1 N–H and O–H groups in total. The highest BCUT2D eigenvalue weighted by atomic mass is 32.1. The second-order valence-corrected chi connectivity index (χ2v) is 6.01. The largest absolute Gasteiger partial charge is 0.377 e. The number of benzene rings is 1. The summed E-state index contributed by atoms with van der Waals surface area (Å²) in [5.41, 5.74) is 2.67. The minimum absolute atomic E-state index is 0.511. The quantitative estimate of drug-likeness (QED) is 0.805. The van der Waals surface area contributed by atoms with Crippen molar-refractivity contribution < 1.29 is 0 Å². The van der Waals surface area contributed by atoms with Crippen LogP contribution in [0.25, 0.3) is 0 Å². The molecule has 18 heavy (non-hydrogen) atoms. The van der Waals surface area contributed by atoms with Gasteiger partial charge in [-0.25, -0.2) is 0 Å². The highest BCUT2D eigenvalue weighted by Crippen LogP contribution is 2.44. The van der Waals surface area contributed by atoms with Crippen molar-refractivity contribution in [3.8, 4) is 0 Å². The Hall–Kier alpha value is -1.28. The van der Waals surface area contributed by atoms with Gasteiger partial charge in [0.25, 0.3) is 0 Å². The van der Waals surface area contributed by atoms with Crippen LogP contribution in [0, 0.1) is 5.92 Å². The predicted molar refractivity (Wildman–Crippen MR) is 79.2 cm³/mol. The van der Waals surface area contributed by atoms with Gasteiger partial charge in [-0.3, -0.25) is 0 Å². The standard InChI is InChI=1S/C16H19NS/c1-2-12-5-3-6-14(11-12)17-16(13-8-9-13)15-7-4-10-18-15/h3-7,10-11,13,16-17H,2,8-9H2,1H3. The fraction of sp³-hybridized carbons (Fsp3) is 0.375. The fourth-order valence-electron chi connectivity index (χ4n) is 2.38. The van der Waals surface area contributed by atoms with Crippen LogP contribution in [0.1, 0.15) is 36.2 Å². The van der Waals surface area contributed by atoms with Crippen molar-refractivity contribution in [3.63, 3.8) is 0 Å². The third kappa shape index (κ3) is 2.59. The molecular formula is C16H19NS. The Morgan fingerprint density at radius 2 is 2.17 bits per heavy atom. The first-order valence-corrected chi connectivity index (χ1v) is 7.63. The number of rotatable bonds is 5. The van der Waals surface area contributed by atoms with Crippen LogP contribution >= 0.6 is 11.3 Å². The van der Waals surface area contributed by atoms with Crippen molar-refractivity contribution in [1.29, 1.82) is 0 Å². The van der Waals surface area contributed by atoms with Gasteiger partial charge in [-0.05, 0) is 54.3 Å². The Labute approximate surface area is 113 Å². The maximum Gasteiger partial charge on any atom is 0.0634 e. The number of hydrogen-bond acceptors (Lipinski definition) is 2. The van der Waals surface area contributed by atoms with Gasteiger partial charge in [-0.2, -0.15) is 0 Å². The van der Waals surface area contributed by atoms with Crippen LogP contribution in [0.15, 0.2) is 41.8 Å². The molecule has 94 valence electrons. The highest BCUT2D eigenvalue weighted by molar-refractivity contribution is 7.10. The molecule has 0 saturated heterocycles. The van der Waals surface area contributed by atoms with Crippen molar-refractivity contribution in [2.75, 3.05) is 5.32 Å². The smallest absolute Gasteiger partial charge is 0.0634 e. The molecule has 1 unspecified atom stereocenters. The second kappa shape index (κ2) is 5.15. The van der Waals surface area contributed by atoms with Crippen molar-refractivity contribution in [2.24, 2.45) is 5.92 Å². The summed E-state index contributed by atoms with van der Waals surface area (Å²) in [7, 11) is 0. The molecule has 1 fully saturated rings. The predicted octanol–water partition coefficient (Wildman–Crippen LogP) is 4.87. The number of hydrogen-bond donors (Lipinski definition) is 1. The van der Waals surface area contributed by atoms with Gasteiger partial charge in [0.15, 0.2) is 0 Å². The van der Waals surface area contributed by atoms with E-state index in [0.29, 0.717) is 6.04 Å². The van der Waals surface area contributed by atoms with Crippen LogP contribution < -0.4 is 5.32 Å².